The lowest BCUT2D eigenvalue weighted by molar-refractivity contribution is 0.603. The van der Waals surface area contributed by atoms with Crippen LogP contribution in [0.15, 0.2) is 85.5 Å². The molecule has 2 aromatic carbocycles. The van der Waals surface area contributed by atoms with Crippen LogP contribution in [0.5, 0.6) is 0 Å². The maximum atomic E-state index is 4.81. The van der Waals surface area contributed by atoms with E-state index in [9.17, 15) is 0 Å². The van der Waals surface area contributed by atoms with Gasteiger partial charge in [-0.3, -0.25) is 0 Å². The number of benzene rings is 2. The molecule has 59 heavy (non-hydrogen) atoms. The summed E-state index contributed by atoms with van der Waals surface area (Å²) >= 11 is 12.6. The molecule has 0 bridgehead atoms. The van der Waals surface area contributed by atoms with Gasteiger partial charge in [0.05, 0.1) is 25.5 Å². The summed E-state index contributed by atoms with van der Waals surface area (Å²) in [5.74, 6) is 0. The number of unbranched alkanes of at least 4 members (excludes halogenated alkanes) is 6. The van der Waals surface area contributed by atoms with E-state index in [1.807, 2.05) is 52.6 Å². The number of hydrogen-bond donors (Lipinski definition) is 0. The second-order valence-electron chi connectivity index (χ2n) is 15.0. The molecule has 298 valence electrons. The second kappa shape index (κ2) is 17.2. The van der Waals surface area contributed by atoms with Crippen LogP contribution in [0.3, 0.4) is 0 Å². The second-order valence-corrected chi connectivity index (χ2v) is 22.7. The third kappa shape index (κ3) is 7.93. The Bertz CT molecular complexity index is 3030. The van der Waals surface area contributed by atoms with E-state index >= 15 is 0 Å². The van der Waals surface area contributed by atoms with Crippen LogP contribution in [-0.4, -0.2) is 24.5 Å². The van der Waals surface area contributed by atoms with Crippen molar-refractivity contribution in [3.05, 3.63) is 95.2 Å². The Kier molecular flexibility index (Phi) is 11.5. The van der Waals surface area contributed by atoms with E-state index in [0.29, 0.717) is 0 Å². The molecular weight excluding hydrogens is 859 g/mol. The minimum absolute atomic E-state index is 0.994. The minimum Gasteiger partial charge on any atom is -0.339 e. The van der Waals surface area contributed by atoms with Gasteiger partial charge in [-0.1, -0.05) is 76.6 Å². The van der Waals surface area contributed by atoms with Gasteiger partial charge in [-0.15, -0.1) is 79.4 Å². The van der Waals surface area contributed by atoms with Gasteiger partial charge in [0.25, 0.3) is 0 Å². The highest BCUT2D eigenvalue weighted by Gasteiger charge is 2.20. The summed E-state index contributed by atoms with van der Waals surface area (Å²) in [5, 5.41) is 6.77. The summed E-state index contributed by atoms with van der Waals surface area (Å²) < 4.78 is 5.38. The zero-order chi connectivity index (χ0) is 39.9. The number of aryl methyl sites for hydroxylation is 3. The standard InChI is InChI=1S/C47H43N5S7/c1-4-6-8-10-12-31-25-49-45(54-31)47-51-27-41(59-47)38-20-18-36(56-38)30-14-16-33-39(23-30)57-43-32-15-13-29(22-34(32)52(42(33)43)21-11-9-7-5-2)35-17-19-37(55-35)40-26-50-46(58-40)44-48-24-28(3)53-44/h13-20,22-27H,4-12,21H2,1-3H3. The number of hydrogen-bond acceptors (Lipinski definition) is 11. The molecule has 0 radical (unpaired) electrons. The molecule has 0 aliphatic carbocycles. The van der Waals surface area contributed by atoms with Gasteiger partial charge in [0.15, 0.2) is 20.0 Å². The largest absolute Gasteiger partial charge is 0.339 e. The first-order valence-corrected chi connectivity index (χ1v) is 26.2. The van der Waals surface area contributed by atoms with E-state index in [4.69, 9.17) is 15.0 Å². The lowest BCUT2D eigenvalue weighted by Gasteiger charge is -2.09. The molecule has 0 saturated carbocycles. The van der Waals surface area contributed by atoms with Crippen LogP contribution in [0.25, 0.3) is 91.6 Å². The Balaban J connectivity index is 0.929. The number of rotatable bonds is 16. The maximum absolute atomic E-state index is 4.81. The number of nitrogens with zero attached hydrogens (tertiary/aromatic N) is 5. The highest BCUT2D eigenvalue weighted by molar-refractivity contribution is 7.28. The van der Waals surface area contributed by atoms with Crippen molar-refractivity contribution in [2.24, 2.45) is 0 Å². The fourth-order valence-corrected chi connectivity index (χ4v) is 14.8. The molecule has 0 spiro atoms. The summed E-state index contributed by atoms with van der Waals surface area (Å²) in [6.07, 6.45) is 19.2. The van der Waals surface area contributed by atoms with E-state index in [2.05, 4.69) is 97.2 Å². The Morgan fingerprint density at radius 1 is 0.492 bits per heavy atom. The van der Waals surface area contributed by atoms with Crippen LogP contribution in [0.1, 0.15) is 75.0 Å². The molecule has 0 atom stereocenters. The molecule has 5 nitrogen and oxygen atoms in total. The van der Waals surface area contributed by atoms with E-state index in [0.717, 1.165) is 33.0 Å². The summed E-state index contributed by atoms with van der Waals surface area (Å²) in [5.41, 5.74) is 5.28. The first kappa shape index (κ1) is 39.3. The summed E-state index contributed by atoms with van der Waals surface area (Å²) in [6.45, 7) is 7.68. The molecule has 10 rings (SSSR count). The predicted octanol–water partition coefficient (Wildman–Crippen LogP) is 17.0. The summed E-state index contributed by atoms with van der Waals surface area (Å²) in [4.78, 5) is 28.9. The lowest BCUT2D eigenvalue weighted by Crippen LogP contribution is -1.98. The average Bonchev–Trinajstić information content (AvgIpc) is 4.10. The minimum atomic E-state index is 0.994. The molecule has 10 aromatic rings. The average molecular weight is 902 g/mol. The number of aromatic nitrogens is 5. The highest BCUT2D eigenvalue weighted by atomic mass is 32.1. The molecule has 0 aliphatic rings. The first-order chi connectivity index (χ1) is 29.0. The van der Waals surface area contributed by atoms with Crippen LogP contribution < -0.4 is 0 Å². The van der Waals surface area contributed by atoms with Gasteiger partial charge in [-0.05, 0) is 73.7 Å². The van der Waals surface area contributed by atoms with Crippen LogP contribution in [0.4, 0.5) is 0 Å². The Hall–Kier alpha value is -3.88. The predicted molar refractivity (Wildman–Crippen MR) is 263 cm³/mol. The molecule has 0 amide bonds. The van der Waals surface area contributed by atoms with Crippen molar-refractivity contribution in [2.75, 3.05) is 0 Å². The van der Waals surface area contributed by atoms with Gasteiger partial charge in [0.2, 0.25) is 0 Å². The van der Waals surface area contributed by atoms with Crippen molar-refractivity contribution in [3.8, 4) is 60.4 Å². The van der Waals surface area contributed by atoms with Gasteiger partial charge in [0, 0.05) is 76.1 Å². The number of thiazole rings is 4. The van der Waals surface area contributed by atoms with Crippen molar-refractivity contribution in [2.45, 2.75) is 85.1 Å². The fraction of sp³-hybridized carbons (Fsp3) is 0.277. The van der Waals surface area contributed by atoms with Gasteiger partial charge in [-0.25, -0.2) is 19.9 Å². The third-order valence-corrected chi connectivity index (χ3v) is 18.9. The fourth-order valence-electron chi connectivity index (χ4n) is 7.76. The van der Waals surface area contributed by atoms with E-state index < -0.39 is 0 Å². The molecular formula is C47H43N5S7. The van der Waals surface area contributed by atoms with Crippen molar-refractivity contribution >= 4 is 111 Å². The topological polar surface area (TPSA) is 56.5 Å². The molecule has 8 heterocycles. The van der Waals surface area contributed by atoms with Gasteiger partial charge < -0.3 is 4.57 Å². The number of thiophene rings is 3. The smallest absolute Gasteiger partial charge is 0.152 e. The van der Waals surface area contributed by atoms with Gasteiger partial charge >= 0.3 is 0 Å². The summed E-state index contributed by atoms with van der Waals surface area (Å²) in [7, 11) is 0. The molecule has 0 aliphatic heterocycles. The lowest BCUT2D eigenvalue weighted by atomic mass is 10.1. The monoisotopic (exact) mass is 901 g/mol. The van der Waals surface area contributed by atoms with E-state index in [-0.39, 0.29) is 0 Å². The van der Waals surface area contributed by atoms with Crippen molar-refractivity contribution < 1.29 is 0 Å². The van der Waals surface area contributed by atoms with Gasteiger partial charge in [0.1, 0.15) is 0 Å². The maximum Gasteiger partial charge on any atom is 0.152 e. The molecule has 8 aromatic heterocycles. The molecule has 0 N–H and O–H groups in total. The van der Waals surface area contributed by atoms with Crippen molar-refractivity contribution in [1.29, 1.82) is 0 Å². The van der Waals surface area contributed by atoms with Crippen molar-refractivity contribution in [3.63, 3.8) is 0 Å². The van der Waals surface area contributed by atoms with Crippen LogP contribution in [-0.2, 0) is 13.0 Å². The Morgan fingerprint density at radius 3 is 1.76 bits per heavy atom. The van der Waals surface area contributed by atoms with Crippen LogP contribution >= 0.6 is 79.4 Å². The molecule has 0 saturated heterocycles. The normalized spacial score (nSPS) is 12.0. The SMILES string of the molecule is CCCCCCc1cnc(-c2ncc(-c3ccc(-c4ccc5c(c4)sc4c6ccc(-c7ccc(-c8cnc(-c9ncc(C)s9)s8)s7)cc6n(CCCCCC)c54)s3)s2)s1. The summed E-state index contributed by atoms with van der Waals surface area (Å²) in [6, 6.07) is 23.3. The Morgan fingerprint density at radius 2 is 1.08 bits per heavy atom. The third-order valence-electron chi connectivity index (χ3n) is 10.8. The highest BCUT2D eigenvalue weighted by Crippen LogP contribution is 2.46. The first-order valence-electron chi connectivity index (χ1n) is 20.5. The Labute approximate surface area is 372 Å². The zero-order valence-corrected chi connectivity index (χ0v) is 39.0. The zero-order valence-electron chi connectivity index (χ0n) is 33.2. The molecule has 0 fully saturated rings. The van der Waals surface area contributed by atoms with Crippen LogP contribution in [0, 0.1) is 6.92 Å². The van der Waals surface area contributed by atoms with Crippen LogP contribution in [0.2, 0.25) is 0 Å². The van der Waals surface area contributed by atoms with E-state index in [1.54, 1.807) is 45.3 Å². The molecule has 0 unspecified atom stereocenters. The molecule has 12 heteroatoms. The van der Waals surface area contributed by atoms with Crippen molar-refractivity contribution in [1.82, 2.24) is 24.5 Å². The quantitative estimate of drug-likeness (QED) is 0.0907. The van der Waals surface area contributed by atoms with Gasteiger partial charge in [-0.2, -0.15) is 0 Å². The number of fused-ring (bicyclic) bond motifs is 5. The van der Waals surface area contributed by atoms with E-state index in [1.165, 1.54) is 133 Å².